The van der Waals surface area contributed by atoms with Crippen LogP contribution < -0.4 is 9.47 Å². The molecule has 7 heteroatoms. The van der Waals surface area contributed by atoms with Crippen molar-refractivity contribution in [2.24, 2.45) is 0 Å². The Balaban J connectivity index is 1.48. The Kier molecular flexibility index (Phi) is 4.99. The molecule has 26 heavy (non-hydrogen) atoms. The third-order valence-corrected chi connectivity index (χ3v) is 5.56. The number of hydrogen-bond acceptors (Lipinski definition) is 5. The lowest BCUT2D eigenvalue weighted by atomic mass is 10.1. The van der Waals surface area contributed by atoms with Gasteiger partial charge in [0.05, 0.1) is 17.2 Å². The van der Waals surface area contributed by atoms with Crippen LogP contribution in [0.1, 0.15) is 37.0 Å². The zero-order valence-corrected chi connectivity index (χ0v) is 16.0. The first kappa shape index (κ1) is 17.9. The number of nitrogens with zero attached hydrogens (tertiary/aromatic N) is 2. The van der Waals surface area contributed by atoms with Crippen molar-refractivity contribution in [3.8, 4) is 11.5 Å². The van der Waals surface area contributed by atoms with E-state index in [9.17, 15) is 4.79 Å². The van der Waals surface area contributed by atoms with Gasteiger partial charge in [-0.1, -0.05) is 11.6 Å². The van der Waals surface area contributed by atoms with E-state index in [0.29, 0.717) is 22.1 Å². The van der Waals surface area contributed by atoms with E-state index in [1.165, 1.54) is 0 Å². The number of benzene rings is 1. The highest BCUT2D eigenvalue weighted by atomic mass is 35.5. The van der Waals surface area contributed by atoms with E-state index < -0.39 is 0 Å². The largest absolute Gasteiger partial charge is 0.454 e. The minimum absolute atomic E-state index is 0.0158. The number of likely N-dealkylation sites (tertiary alicyclic amines) is 1. The number of morpholine rings is 1. The first-order chi connectivity index (χ1) is 12.5. The quantitative estimate of drug-likeness (QED) is 0.807. The number of fused-ring (bicyclic) bond motifs is 1. The number of carbonyl (C=O) groups is 1. The van der Waals surface area contributed by atoms with Crippen molar-refractivity contribution < 1.29 is 19.0 Å². The molecule has 2 saturated heterocycles. The molecule has 3 aliphatic heterocycles. The zero-order valence-electron chi connectivity index (χ0n) is 15.2. The third-order valence-electron chi connectivity index (χ3n) is 5.28. The van der Waals surface area contributed by atoms with E-state index >= 15 is 0 Å². The minimum Gasteiger partial charge on any atom is -0.454 e. The van der Waals surface area contributed by atoms with Gasteiger partial charge in [-0.3, -0.25) is 9.69 Å². The summed E-state index contributed by atoms with van der Waals surface area (Å²) in [5, 5.41) is 0.426. The van der Waals surface area contributed by atoms with Crippen LogP contribution in [0.25, 0.3) is 0 Å². The minimum atomic E-state index is 0.0158. The lowest BCUT2D eigenvalue weighted by Crippen LogP contribution is -2.50. The Morgan fingerprint density at radius 1 is 1.23 bits per heavy atom. The van der Waals surface area contributed by atoms with Gasteiger partial charge in [-0.2, -0.15) is 0 Å². The summed E-state index contributed by atoms with van der Waals surface area (Å²) >= 11 is 6.25. The molecule has 6 nitrogen and oxygen atoms in total. The van der Waals surface area contributed by atoms with Crippen LogP contribution in [0, 0.1) is 0 Å². The standard InChI is InChI=1S/C19H25ClN2O4/c1-12-8-21(9-13(2)26-12)10-15-4-3-5-22(15)19(23)14-6-16(20)18-17(7-14)24-11-25-18/h6-7,12-13,15H,3-5,8-11H2,1-2H3/t12-,13+,15-/m1/s1. The van der Waals surface area contributed by atoms with E-state index in [0.717, 1.165) is 39.0 Å². The molecular formula is C19H25ClN2O4. The van der Waals surface area contributed by atoms with Gasteiger partial charge in [-0.25, -0.2) is 0 Å². The highest BCUT2D eigenvalue weighted by molar-refractivity contribution is 6.32. The van der Waals surface area contributed by atoms with Gasteiger partial charge in [0.15, 0.2) is 11.5 Å². The normalized spacial score (nSPS) is 28.6. The van der Waals surface area contributed by atoms with Gasteiger partial charge >= 0.3 is 0 Å². The first-order valence-corrected chi connectivity index (χ1v) is 9.67. The molecular weight excluding hydrogens is 356 g/mol. The summed E-state index contributed by atoms with van der Waals surface area (Å²) in [5.41, 5.74) is 0.565. The number of halogens is 1. The van der Waals surface area contributed by atoms with E-state index in [1.807, 2.05) is 4.90 Å². The predicted octanol–water partition coefficient (Wildman–Crippen LogP) is 2.78. The maximum absolute atomic E-state index is 13.1. The summed E-state index contributed by atoms with van der Waals surface area (Å²) < 4.78 is 16.6. The summed E-state index contributed by atoms with van der Waals surface area (Å²) in [5.74, 6) is 1.09. The monoisotopic (exact) mass is 380 g/mol. The SMILES string of the molecule is C[C@@H]1CN(C[C@H]2CCCN2C(=O)c2cc(Cl)c3c(c2)OCO3)C[C@H](C)O1. The van der Waals surface area contributed by atoms with Crippen LogP contribution in [-0.4, -0.2) is 66.9 Å². The highest BCUT2D eigenvalue weighted by Crippen LogP contribution is 2.40. The molecule has 3 atom stereocenters. The topological polar surface area (TPSA) is 51.2 Å². The maximum atomic E-state index is 13.1. The van der Waals surface area contributed by atoms with Crippen LogP contribution in [-0.2, 0) is 4.74 Å². The lowest BCUT2D eigenvalue weighted by molar-refractivity contribution is -0.0715. The molecule has 0 aliphatic carbocycles. The van der Waals surface area contributed by atoms with Gasteiger partial charge in [0, 0.05) is 37.8 Å². The van der Waals surface area contributed by atoms with E-state index in [4.69, 9.17) is 25.8 Å². The molecule has 4 rings (SSSR count). The van der Waals surface area contributed by atoms with Crippen LogP contribution in [0.15, 0.2) is 12.1 Å². The number of rotatable bonds is 3. The molecule has 0 spiro atoms. The molecule has 142 valence electrons. The van der Waals surface area contributed by atoms with Gasteiger partial charge in [0.25, 0.3) is 5.91 Å². The highest BCUT2D eigenvalue weighted by Gasteiger charge is 2.33. The summed E-state index contributed by atoms with van der Waals surface area (Å²) in [6, 6.07) is 3.65. The van der Waals surface area contributed by atoms with E-state index in [2.05, 4.69) is 18.7 Å². The van der Waals surface area contributed by atoms with Crippen LogP contribution in [0.3, 0.4) is 0 Å². The molecule has 0 bridgehead atoms. The molecule has 0 unspecified atom stereocenters. The van der Waals surface area contributed by atoms with Crippen LogP contribution in [0.4, 0.5) is 0 Å². The van der Waals surface area contributed by atoms with Crippen molar-refractivity contribution in [1.82, 2.24) is 9.80 Å². The van der Waals surface area contributed by atoms with Crippen molar-refractivity contribution in [3.63, 3.8) is 0 Å². The molecule has 0 radical (unpaired) electrons. The second-order valence-electron chi connectivity index (χ2n) is 7.46. The fourth-order valence-corrected chi connectivity index (χ4v) is 4.55. The van der Waals surface area contributed by atoms with Crippen molar-refractivity contribution in [3.05, 3.63) is 22.7 Å². The Morgan fingerprint density at radius 2 is 2.00 bits per heavy atom. The Bertz CT molecular complexity index is 688. The molecule has 0 aromatic heterocycles. The first-order valence-electron chi connectivity index (χ1n) is 9.29. The number of ether oxygens (including phenoxy) is 3. The molecule has 1 aromatic rings. The van der Waals surface area contributed by atoms with Gasteiger partial charge in [0.2, 0.25) is 6.79 Å². The predicted molar refractivity (Wildman–Crippen MR) is 98.1 cm³/mol. The summed E-state index contributed by atoms with van der Waals surface area (Å²) in [7, 11) is 0. The second kappa shape index (κ2) is 7.25. The van der Waals surface area contributed by atoms with Crippen molar-refractivity contribution >= 4 is 17.5 Å². The zero-order chi connectivity index (χ0) is 18.3. The van der Waals surface area contributed by atoms with Crippen LogP contribution >= 0.6 is 11.6 Å². The van der Waals surface area contributed by atoms with Gasteiger partial charge in [-0.15, -0.1) is 0 Å². The summed E-state index contributed by atoms with van der Waals surface area (Å²) in [6.45, 7) is 7.86. The average Bonchev–Trinajstić information content (AvgIpc) is 3.22. The number of hydrogen-bond donors (Lipinski definition) is 0. The van der Waals surface area contributed by atoms with Gasteiger partial charge < -0.3 is 19.1 Å². The number of amides is 1. The maximum Gasteiger partial charge on any atom is 0.254 e. The molecule has 0 N–H and O–H groups in total. The second-order valence-corrected chi connectivity index (χ2v) is 7.87. The smallest absolute Gasteiger partial charge is 0.254 e. The fraction of sp³-hybridized carbons (Fsp3) is 0.632. The molecule has 3 heterocycles. The van der Waals surface area contributed by atoms with Crippen molar-refractivity contribution in [2.45, 2.75) is 44.9 Å². The van der Waals surface area contributed by atoms with Gasteiger partial charge in [0.1, 0.15) is 0 Å². The van der Waals surface area contributed by atoms with Gasteiger partial charge in [-0.05, 0) is 38.8 Å². The average molecular weight is 381 g/mol. The van der Waals surface area contributed by atoms with Crippen LogP contribution in [0.2, 0.25) is 5.02 Å². The van der Waals surface area contributed by atoms with Crippen molar-refractivity contribution in [2.75, 3.05) is 33.0 Å². The summed E-state index contributed by atoms with van der Waals surface area (Å²) in [6.07, 6.45) is 2.53. The Morgan fingerprint density at radius 3 is 2.77 bits per heavy atom. The molecule has 1 aromatic carbocycles. The molecule has 2 fully saturated rings. The molecule has 1 amide bonds. The number of carbonyl (C=O) groups excluding carboxylic acids is 1. The van der Waals surface area contributed by atoms with Crippen LogP contribution in [0.5, 0.6) is 11.5 Å². The summed E-state index contributed by atoms with van der Waals surface area (Å²) in [4.78, 5) is 17.5. The van der Waals surface area contributed by atoms with Crippen molar-refractivity contribution in [1.29, 1.82) is 0 Å². The third kappa shape index (κ3) is 3.50. The Hall–Kier alpha value is -1.50. The van der Waals surface area contributed by atoms with E-state index in [-0.39, 0.29) is 30.9 Å². The Labute approximate surface area is 158 Å². The lowest BCUT2D eigenvalue weighted by Gasteiger charge is -2.38. The molecule has 0 saturated carbocycles. The van der Waals surface area contributed by atoms with E-state index in [1.54, 1.807) is 12.1 Å². The molecule has 3 aliphatic rings. The fourth-order valence-electron chi connectivity index (χ4n) is 4.28.